The van der Waals surface area contributed by atoms with Gasteiger partial charge in [0.1, 0.15) is 0 Å². The van der Waals surface area contributed by atoms with E-state index in [0.717, 1.165) is 5.56 Å². The Morgan fingerprint density at radius 3 is 2.48 bits per heavy atom. The number of carbonyl (C=O) groups excluding carboxylic acids is 1. The molecule has 1 aromatic rings. The lowest BCUT2D eigenvalue weighted by molar-refractivity contribution is -0.203. The monoisotopic (exact) mass is 308 g/mol. The average molecular weight is 308 g/mol. The van der Waals surface area contributed by atoms with Gasteiger partial charge in [-0.3, -0.25) is 4.68 Å². The Morgan fingerprint density at radius 2 is 2.05 bits per heavy atom. The van der Waals surface area contributed by atoms with Crippen LogP contribution in [0.1, 0.15) is 12.5 Å². The maximum absolute atomic E-state index is 12.7. The van der Waals surface area contributed by atoms with Gasteiger partial charge in [0.15, 0.2) is 0 Å². The smallest absolute Gasteiger partial charge is 0.422 e. The van der Waals surface area contributed by atoms with Gasteiger partial charge in [-0.2, -0.15) is 18.3 Å². The van der Waals surface area contributed by atoms with E-state index in [0.29, 0.717) is 6.92 Å². The zero-order valence-corrected chi connectivity index (χ0v) is 11.4. The maximum atomic E-state index is 12.7. The van der Waals surface area contributed by atoms with E-state index in [9.17, 15) is 22.8 Å². The van der Waals surface area contributed by atoms with E-state index in [2.05, 4.69) is 10.4 Å². The molecule has 0 bridgehead atoms. The first-order chi connectivity index (χ1) is 9.56. The molecule has 1 aromatic heterocycles. The van der Waals surface area contributed by atoms with Crippen LogP contribution in [0.25, 0.3) is 0 Å². The van der Waals surface area contributed by atoms with Gasteiger partial charge in [0, 0.05) is 12.7 Å². The number of carboxylic acid groups (broad SMARTS) is 1. The normalized spacial score (nSPS) is 14.3. The van der Waals surface area contributed by atoms with Gasteiger partial charge in [0.25, 0.3) is 0 Å². The number of aromatic nitrogens is 2. The third-order valence-electron chi connectivity index (χ3n) is 2.75. The molecule has 1 unspecified atom stereocenters. The van der Waals surface area contributed by atoms with Crippen LogP contribution in [0.15, 0.2) is 12.4 Å². The molecule has 3 N–H and O–H groups in total. The van der Waals surface area contributed by atoms with Crippen molar-refractivity contribution in [3.05, 3.63) is 18.0 Å². The quantitative estimate of drug-likeness (QED) is 0.753. The second kappa shape index (κ2) is 6.02. The number of halogens is 3. The van der Waals surface area contributed by atoms with Crippen molar-refractivity contribution in [2.24, 2.45) is 0 Å². The number of nitrogens with one attached hydrogen (secondary N) is 2. The number of amides is 2. The van der Waals surface area contributed by atoms with Crippen molar-refractivity contribution in [1.29, 1.82) is 0 Å². The molecule has 1 rings (SSSR count). The summed E-state index contributed by atoms with van der Waals surface area (Å²) in [6.07, 6.45) is -1.84. The van der Waals surface area contributed by atoms with E-state index in [1.807, 2.05) is 6.92 Å². The zero-order valence-electron chi connectivity index (χ0n) is 11.4. The van der Waals surface area contributed by atoms with E-state index >= 15 is 0 Å². The first kappa shape index (κ1) is 16.8. The van der Waals surface area contributed by atoms with Crippen LogP contribution in [0, 0.1) is 6.92 Å². The summed E-state index contributed by atoms with van der Waals surface area (Å²) < 4.78 is 39.5. The van der Waals surface area contributed by atoms with E-state index < -0.39 is 23.7 Å². The summed E-state index contributed by atoms with van der Waals surface area (Å²) in [5, 5.41) is 16.1. The lowest BCUT2D eigenvalue weighted by Crippen LogP contribution is -2.63. The minimum absolute atomic E-state index is 0.000505. The molecule has 0 aliphatic carbocycles. The number of hydrogen-bond acceptors (Lipinski definition) is 3. The van der Waals surface area contributed by atoms with Gasteiger partial charge in [-0.25, -0.2) is 9.59 Å². The van der Waals surface area contributed by atoms with Gasteiger partial charge < -0.3 is 15.7 Å². The molecule has 0 spiro atoms. The van der Waals surface area contributed by atoms with Crippen molar-refractivity contribution in [3.63, 3.8) is 0 Å². The van der Waals surface area contributed by atoms with Gasteiger partial charge in [0.2, 0.25) is 5.54 Å². The molecule has 7 nitrogen and oxygen atoms in total. The third-order valence-corrected chi connectivity index (χ3v) is 2.75. The summed E-state index contributed by atoms with van der Waals surface area (Å²) in [6, 6.07) is -1.22. The lowest BCUT2D eigenvalue weighted by atomic mass is 10.0. The van der Waals surface area contributed by atoms with Crippen molar-refractivity contribution < 1.29 is 27.9 Å². The van der Waals surface area contributed by atoms with Crippen molar-refractivity contribution in [3.8, 4) is 0 Å². The van der Waals surface area contributed by atoms with Crippen molar-refractivity contribution >= 4 is 12.0 Å². The SMILES string of the molecule is Cc1cnn(CCNC(=O)NC(C)(C(=O)O)C(F)(F)F)c1. The van der Waals surface area contributed by atoms with Gasteiger partial charge >= 0.3 is 18.2 Å². The minimum Gasteiger partial charge on any atom is -0.479 e. The summed E-state index contributed by atoms with van der Waals surface area (Å²) in [5.41, 5.74) is -2.45. The fourth-order valence-corrected chi connectivity index (χ4v) is 1.39. The Kier molecular flexibility index (Phi) is 4.81. The van der Waals surface area contributed by atoms with Crippen LogP contribution in [0.4, 0.5) is 18.0 Å². The largest absolute Gasteiger partial charge is 0.479 e. The minimum atomic E-state index is -5.12. The second-order valence-electron chi connectivity index (χ2n) is 4.59. The number of carboxylic acids is 1. The molecule has 0 aliphatic heterocycles. The first-order valence-corrected chi connectivity index (χ1v) is 5.91. The molecule has 0 aromatic carbocycles. The fourth-order valence-electron chi connectivity index (χ4n) is 1.39. The van der Waals surface area contributed by atoms with E-state index in [4.69, 9.17) is 5.11 Å². The third kappa shape index (κ3) is 4.10. The van der Waals surface area contributed by atoms with Crippen LogP contribution in [0.3, 0.4) is 0 Å². The Hall–Kier alpha value is -2.26. The summed E-state index contributed by atoms with van der Waals surface area (Å²) >= 11 is 0. The summed E-state index contributed by atoms with van der Waals surface area (Å²) in [6.45, 7) is 2.44. The average Bonchev–Trinajstić information content (AvgIpc) is 2.73. The predicted octanol–water partition coefficient (Wildman–Crippen LogP) is 0.896. The summed E-state index contributed by atoms with van der Waals surface area (Å²) in [5.74, 6) is -2.19. The van der Waals surface area contributed by atoms with E-state index in [1.54, 1.807) is 12.4 Å². The number of aliphatic carboxylic acids is 1. The molecular formula is C11H15F3N4O3. The van der Waals surface area contributed by atoms with Crippen LogP contribution >= 0.6 is 0 Å². The van der Waals surface area contributed by atoms with Crippen LogP contribution in [-0.2, 0) is 11.3 Å². The molecule has 118 valence electrons. The number of urea groups is 1. The topological polar surface area (TPSA) is 96.3 Å². The van der Waals surface area contributed by atoms with Crippen molar-refractivity contribution in [1.82, 2.24) is 20.4 Å². The molecule has 1 heterocycles. The maximum Gasteiger partial charge on any atom is 0.422 e. The van der Waals surface area contributed by atoms with Gasteiger partial charge in [0.05, 0.1) is 12.7 Å². The van der Waals surface area contributed by atoms with Gasteiger partial charge in [-0.15, -0.1) is 0 Å². The highest BCUT2D eigenvalue weighted by atomic mass is 19.4. The Balaban J connectivity index is 2.54. The van der Waals surface area contributed by atoms with Gasteiger partial charge in [-0.1, -0.05) is 0 Å². The van der Waals surface area contributed by atoms with Crippen molar-refractivity contribution in [2.45, 2.75) is 32.1 Å². The number of hydrogen-bond donors (Lipinski definition) is 3. The standard InChI is InChI=1S/C11H15F3N4O3/c1-7-5-16-18(6-7)4-3-15-9(21)17-10(2,8(19)20)11(12,13)14/h5-6H,3-4H2,1-2H3,(H,19,20)(H2,15,17,21). The molecule has 10 heteroatoms. The number of nitrogens with zero attached hydrogens (tertiary/aromatic N) is 2. The Bertz CT molecular complexity index is 529. The number of rotatable bonds is 5. The number of aryl methyl sites for hydroxylation is 1. The molecule has 1 atom stereocenters. The fraction of sp³-hybridized carbons (Fsp3) is 0.545. The zero-order chi connectivity index (χ0) is 16.3. The summed E-state index contributed by atoms with van der Waals surface area (Å²) in [7, 11) is 0. The highest BCUT2D eigenvalue weighted by Crippen LogP contribution is 2.30. The molecule has 2 amide bonds. The lowest BCUT2D eigenvalue weighted by Gasteiger charge is -2.28. The number of carbonyl (C=O) groups is 2. The first-order valence-electron chi connectivity index (χ1n) is 5.91. The van der Waals surface area contributed by atoms with Gasteiger partial charge in [-0.05, 0) is 19.4 Å². The second-order valence-corrected chi connectivity index (χ2v) is 4.59. The number of alkyl halides is 3. The molecule has 0 saturated heterocycles. The molecule has 0 fully saturated rings. The molecule has 0 radical (unpaired) electrons. The van der Waals surface area contributed by atoms with Crippen LogP contribution < -0.4 is 10.6 Å². The molecule has 0 saturated carbocycles. The Labute approximate surface area is 118 Å². The van der Waals surface area contributed by atoms with Crippen LogP contribution in [-0.4, -0.2) is 45.1 Å². The van der Waals surface area contributed by atoms with E-state index in [1.165, 1.54) is 10.00 Å². The van der Waals surface area contributed by atoms with Crippen LogP contribution in [0.5, 0.6) is 0 Å². The molecule has 0 aliphatic rings. The van der Waals surface area contributed by atoms with E-state index in [-0.39, 0.29) is 13.1 Å². The van der Waals surface area contributed by atoms with Crippen molar-refractivity contribution in [2.75, 3.05) is 6.54 Å². The van der Waals surface area contributed by atoms with Crippen LogP contribution in [0.2, 0.25) is 0 Å². The molecular weight excluding hydrogens is 293 g/mol. The highest BCUT2D eigenvalue weighted by Gasteiger charge is 2.58. The highest BCUT2D eigenvalue weighted by molar-refractivity contribution is 5.86. The molecule has 21 heavy (non-hydrogen) atoms. The Morgan fingerprint density at radius 1 is 1.43 bits per heavy atom. The summed E-state index contributed by atoms with van der Waals surface area (Å²) in [4.78, 5) is 22.1. The predicted molar refractivity (Wildman–Crippen MR) is 65.6 cm³/mol.